The van der Waals surface area contributed by atoms with Crippen molar-refractivity contribution in [1.82, 2.24) is 19.4 Å². The van der Waals surface area contributed by atoms with Gasteiger partial charge in [0.15, 0.2) is 0 Å². The Labute approximate surface area is 150 Å². The van der Waals surface area contributed by atoms with Crippen LogP contribution in [0.25, 0.3) is 11.3 Å². The second-order valence-electron chi connectivity index (χ2n) is 7.05. The lowest BCUT2D eigenvalue weighted by Crippen LogP contribution is -2.33. The van der Waals surface area contributed by atoms with Crippen LogP contribution in [0, 0.1) is 5.41 Å². The molecule has 0 unspecified atom stereocenters. The Morgan fingerprint density at radius 3 is 2.88 bits per heavy atom. The van der Waals surface area contributed by atoms with Crippen molar-refractivity contribution >= 4 is 17.2 Å². The summed E-state index contributed by atoms with van der Waals surface area (Å²) in [7, 11) is 0. The number of nitrogens with zero attached hydrogens (tertiary/aromatic N) is 4. The zero-order valence-electron chi connectivity index (χ0n) is 13.8. The number of fused-ring (bicyclic) bond motifs is 1. The summed E-state index contributed by atoms with van der Waals surface area (Å²) in [5.74, 6) is 1.27. The average molecular weight is 350 g/mol. The van der Waals surface area contributed by atoms with Gasteiger partial charge < -0.3 is 9.47 Å². The van der Waals surface area contributed by atoms with E-state index in [4.69, 9.17) is 0 Å². The average Bonchev–Trinajstić information content (AvgIpc) is 3.40. The van der Waals surface area contributed by atoms with E-state index >= 15 is 0 Å². The summed E-state index contributed by atoms with van der Waals surface area (Å²) in [6, 6.07) is 5.73. The summed E-state index contributed by atoms with van der Waals surface area (Å²) in [4.78, 5) is 23.4. The molecule has 0 bridgehead atoms. The predicted molar refractivity (Wildman–Crippen MR) is 96.4 cm³/mol. The fourth-order valence-electron chi connectivity index (χ4n) is 4.16. The molecule has 1 atom stereocenters. The highest BCUT2D eigenvalue weighted by Crippen LogP contribution is 2.43. The minimum Gasteiger partial charge on any atom is -0.338 e. The maximum Gasteiger partial charge on any atom is 0.253 e. The Morgan fingerprint density at radius 1 is 1.20 bits per heavy atom. The fraction of sp³-hybridized carbons (Fsp3) is 0.316. The van der Waals surface area contributed by atoms with E-state index in [1.807, 2.05) is 11.1 Å². The molecule has 5 nitrogen and oxygen atoms in total. The molecule has 1 spiro atoms. The molecule has 0 aliphatic carbocycles. The summed E-state index contributed by atoms with van der Waals surface area (Å²) in [5, 5.41) is 4.27. The van der Waals surface area contributed by atoms with Crippen molar-refractivity contribution in [1.29, 1.82) is 0 Å². The van der Waals surface area contributed by atoms with Gasteiger partial charge >= 0.3 is 0 Å². The van der Waals surface area contributed by atoms with Crippen molar-refractivity contribution in [3.05, 3.63) is 58.9 Å². The monoisotopic (exact) mass is 350 g/mol. The van der Waals surface area contributed by atoms with Crippen LogP contribution in [0.1, 0.15) is 22.6 Å². The van der Waals surface area contributed by atoms with Gasteiger partial charge in [-0.15, -0.1) is 0 Å². The van der Waals surface area contributed by atoms with E-state index in [0.717, 1.165) is 43.9 Å². The van der Waals surface area contributed by atoms with Crippen molar-refractivity contribution in [3.8, 4) is 11.3 Å². The fourth-order valence-corrected chi connectivity index (χ4v) is 4.81. The van der Waals surface area contributed by atoms with E-state index in [1.54, 1.807) is 35.9 Å². The predicted octanol–water partition coefficient (Wildman–Crippen LogP) is 3.10. The molecule has 2 aliphatic rings. The van der Waals surface area contributed by atoms with Crippen LogP contribution in [-0.4, -0.2) is 38.4 Å². The molecule has 3 aromatic rings. The van der Waals surface area contributed by atoms with Crippen LogP contribution >= 0.6 is 11.3 Å². The standard InChI is InChI=1S/C19H18N4OS/c24-18(14-1-5-20-6-2-14)22-7-4-19(12-22)9-17-21-10-16(23(17)13-19)15-3-8-25-11-15/h1-3,5-6,8,10-11H,4,7,9,12-13H2/t19-/m1/s1. The first-order valence-electron chi connectivity index (χ1n) is 8.50. The van der Waals surface area contributed by atoms with Crippen molar-refractivity contribution in [2.75, 3.05) is 13.1 Å². The zero-order valence-corrected chi connectivity index (χ0v) is 14.6. The third-order valence-corrected chi connectivity index (χ3v) is 6.12. The number of imidazole rings is 1. The topological polar surface area (TPSA) is 51.0 Å². The van der Waals surface area contributed by atoms with E-state index in [0.29, 0.717) is 0 Å². The molecule has 0 radical (unpaired) electrons. The van der Waals surface area contributed by atoms with Gasteiger partial charge in [-0.3, -0.25) is 9.78 Å². The van der Waals surface area contributed by atoms with Crippen LogP contribution < -0.4 is 0 Å². The molecule has 5 heterocycles. The summed E-state index contributed by atoms with van der Waals surface area (Å²) in [5.41, 5.74) is 3.30. The normalized spacial score (nSPS) is 21.8. The molecule has 126 valence electrons. The van der Waals surface area contributed by atoms with Crippen LogP contribution in [0.2, 0.25) is 0 Å². The van der Waals surface area contributed by atoms with Crippen LogP contribution in [-0.2, 0) is 13.0 Å². The SMILES string of the molecule is O=C(c1ccncc1)N1CC[C@@]2(Cc3ncc(-c4ccsc4)n3C2)C1. The molecule has 5 rings (SSSR count). The van der Waals surface area contributed by atoms with Crippen LogP contribution in [0.15, 0.2) is 47.5 Å². The molecule has 6 heteroatoms. The minimum absolute atomic E-state index is 0.113. The van der Waals surface area contributed by atoms with Crippen molar-refractivity contribution in [3.63, 3.8) is 0 Å². The third kappa shape index (κ3) is 2.40. The third-order valence-electron chi connectivity index (χ3n) is 5.43. The van der Waals surface area contributed by atoms with Gasteiger partial charge in [0.05, 0.1) is 11.9 Å². The van der Waals surface area contributed by atoms with Crippen molar-refractivity contribution < 1.29 is 4.79 Å². The second kappa shape index (κ2) is 5.52. The summed E-state index contributed by atoms with van der Waals surface area (Å²) >= 11 is 1.71. The number of pyridine rings is 1. The van der Waals surface area contributed by atoms with Gasteiger partial charge in [-0.2, -0.15) is 11.3 Å². The lowest BCUT2D eigenvalue weighted by Gasteiger charge is -2.23. The van der Waals surface area contributed by atoms with Gasteiger partial charge in [0.2, 0.25) is 0 Å². The van der Waals surface area contributed by atoms with Crippen molar-refractivity contribution in [2.24, 2.45) is 5.41 Å². The highest BCUT2D eigenvalue weighted by atomic mass is 32.1. The molecule has 0 saturated carbocycles. The lowest BCUT2D eigenvalue weighted by molar-refractivity contribution is 0.0771. The number of hydrogen-bond donors (Lipinski definition) is 0. The van der Waals surface area contributed by atoms with E-state index < -0.39 is 0 Å². The Kier molecular flexibility index (Phi) is 3.28. The lowest BCUT2D eigenvalue weighted by atomic mass is 9.86. The maximum atomic E-state index is 12.7. The van der Waals surface area contributed by atoms with Gasteiger partial charge in [0.1, 0.15) is 5.82 Å². The van der Waals surface area contributed by atoms with Gasteiger partial charge in [-0.05, 0) is 30.0 Å². The molecule has 2 aliphatic heterocycles. The van der Waals surface area contributed by atoms with E-state index in [9.17, 15) is 4.79 Å². The summed E-state index contributed by atoms with van der Waals surface area (Å²) in [6.45, 7) is 2.58. The zero-order chi connectivity index (χ0) is 16.9. The smallest absolute Gasteiger partial charge is 0.253 e. The highest BCUT2D eigenvalue weighted by Gasteiger charge is 2.45. The largest absolute Gasteiger partial charge is 0.338 e. The van der Waals surface area contributed by atoms with Gasteiger partial charge in [-0.1, -0.05) is 0 Å². The molecule has 1 amide bonds. The first kappa shape index (κ1) is 14.8. The number of aromatic nitrogens is 3. The number of hydrogen-bond acceptors (Lipinski definition) is 4. The number of carbonyl (C=O) groups excluding carboxylic acids is 1. The number of likely N-dealkylation sites (tertiary alicyclic amines) is 1. The molecule has 3 aromatic heterocycles. The molecular weight excluding hydrogens is 332 g/mol. The Hall–Kier alpha value is -2.47. The van der Waals surface area contributed by atoms with E-state index in [-0.39, 0.29) is 11.3 Å². The Balaban J connectivity index is 1.37. The summed E-state index contributed by atoms with van der Waals surface area (Å²) in [6.07, 6.45) is 7.33. The minimum atomic E-state index is 0.113. The number of rotatable bonds is 2. The highest BCUT2D eigenvalue weighted by molar-refractivity contribution is 7.08. The first-order valence-corrected chi connectivity index (χ1v) is 9.45. The van der Waals surface area contributed by atoms with Gasteiger partial charge in [0.25, 0.3) is 5.91 Å². The van der Waals surface area contributed by atoms with Crippen LogP contribution in [0.5, 0.6) is 0 Å². The first-order chi connectivity index (χ1) is 12.2. The quantitative estimate of drug-likeness (QED) is 0.714. The van der Waals surface area contributed by atoms with E-state index in [2.05, 4.69) is 31.4 Å². The number of thiophene rings is 1. The molecule has 0 aromatic carbocycles. The van der Waals surface area contributed by atoms with E-state index in [1.165, 1.54) is 11.3 Å². The Morgan fingerprint density at radius 2 is 2.08 bits per heavy atom. The molecular formula is C19H18N4OS. The molecule has 1 saturated heterocycles. The molecule has 1 fully saturated rings. The molecule has 25 heavy (non-hydrogen) atoms. The van der Waals surface area contributed by atoms with Gasteiger partial charge in [-0.25, -0.2) is 4.98 Å². The van der Waals surface area contributed by atoms with Gasteiger partial charge in [0, 0.05) is 60.4 Å². The molecule has 0 N–H and O–H groups in total. The number of amides is 1. The van der Waals surface area contributed by atoms with Crippen molar-refractivity contribution in [2.45, 2.75) is 19.4 Å². The van der Waals surface area contributed by atoms with Crippen LogP contribution in [0.4, 0.5) is 0 Å². The van der Waals surface area contributed by atoms with Crippen LogP contribution in [0.3, 0.4) is 0 Å². The summed E-state index contributed by atoms with van der Waals surface area (Å²) < 4.78 is 2.35. The Bertz CT molecular complexity index is 918. The second-order valence-corrected chi connectivity index (χ2v) is 7.83. The number of carbonyl (C=O) groups is 1. The maximum absolute atomic E-state index is 12.7.